The van der Waals surface area contributed by atoms with Crippen LogP contribution in [0, 0.1) is 0 Å². The molecule has 0 bridgehead atoms. The number of rotatable bonds is 3. The topological polar surface area (TPSA) is 22.4 Å². The summed E-state index contributed by atoms with van der Waals surface area (Å²) >= 11 is 0. The summed E-state index contributed by atoms with van der Waals surface area (Å²) in [4.78, 5) is 0. The first kappa shape index (κ1) is 14.1. The Hall–Kier alpha value is -3.26. The SMILES string of the molecule is c1ccc2c(COc3ccc4oc5ccccc5c4c3)cccc2c1. The zero-order valence-electron chi connectivity index (χ0n) is 13.6. The highest BCUT2D eigenvalue weighted by Crippen LogP contribution is 2.31. The Kier molecular flexibility index (Phi) is 3.20. The lowest BCUT2D eigenvalue weighted by Crippen LogP contribution is -1.96. The van der Waals surface area contributed by atoms with Crippen molar-refractivity contribution in [2.45, 2.75) is 6.61 Å². The van der Waals surface area contributed by atoms with Crippen LogP contribution in [0.5, 0.6) is 5.75 Å². The maximum absolute atomic E-state index is 6.08. The van der Waals surface area contributed by atoms with Crippen LogP contribution in [0.4, 0.5) is 0 Å². The quantitative estimate of drug-likeness (QED) is 0.387. The highest BCUT2D eigenvalue weighted by Gasteiger charge is 2.08. The van der Waals surface area contributed by atoms with Gasteiger partial charge in [0.25, 0.3) is 0 Å². The van der Waals surface area contributed by atoms with Crippen molar-refractivity contribution in [3.63, 3.8) is 0 Å². The normalized spacial score (nSPS) is 11.4. The number of furan rings is 1. The number of para-hydroxylation sites is 1. The van der Waals surface area contributed by atoms with Gasteiger partial charge in [0.1, 0.15) is 23.5 Å². The van der Waals surface area contributed by atoms with Gasteiger partial charge in [0.05, 0.1) is 0 Å². The average Bonchev–Trinajstić information content (AvgIpc) is 3.04. The van der Waals surface area contributed by atoms with Gasteiger partial charge in [-0.05, 0) is 40.6 Å². The van der Waals surface area contributed by atoms with Crippen molar-refractivity contribution in [3.8, 4) is 5.75 Å². The van der Waals surface area contributed by atoms with E-state index in [1.165, 1.54) is 16.3 Å². The molecule has 1 heterocycles. The molecule has 120 valence electrons. The summed E-state index contributed by atoms with van der Waals surface area (Å²) in [6.45, 7) is 0.544. The van der Waals surface area contributed by atoms with Gasteiger partial charge in [-0.3, -0.25) is 0 Å². The van der Waals surface area contributed by atoms with E-state index in [1.807, 2.05) is 30.3 Å². The molecule has 25 heavy (non-hydrogen) atoms. The fraction of sp³-hybridized carbons (Fsp3) is 0.0435. The largest absolute Gasteiger partial charge is 0.489 e. The molecule has 0 amide bonds. The molecule has 0 N–H and O–H groups in total. The standard InChI is InChI=1S/C23H16O2/c1-2-9-19-16(6-1)7-5-8-17(19)15-24-18-12-13-23-21(14-18)20-10-3-4-11-22(20)25-23/h1-14H,15H2. The van der Waals surface area contributed by atoms with Crippen LogP contribution in [0.3, 0.4) is 0 Å². The minimum atomic E-state index is 0.544. The van der Waals surface area contributed by atoms with E-state index in [-0.39, 0.29) is 0 Å². The average molecular weight is 324 g/mol. The minimum absolute atomic E-state index is 0.544. The third-order valence-corrected chi connectivity index (χ3v) is 4.62. The lowest BCUT2D eigenvalue weighted by Gasteiger charge is -2.09. The Morgan fingerprint density at radius 2 is 1.40 bits per heavy atom. The van der Waals surface area contributed by atoms with Gasteiger partial charge < -0.3 is 9.15 Å². The molecule has 5 aromatic rings. The molecular formula is C23H16O2. The monoisotopic (exact) mass is 324 g/mol. The number of benzene rings is 4. The van der Waals surface area contributed by atoms with Crippen LogP contribution in [-0.4, -0.2) is 0 Å². The molecule has 0 fully saturated rings. The highest BCUT2D eigenvalue weighted by atomic mass is 16.5. The van der Waals surface area contributed by atoms with Crippen LogP contribution in [0.1, 0.15) is 5.56 Å². The van der Waals surface area contributed by atoms with Gasteiger partial charge in [0.15, 0.2) is 0 Å². The predicted molar refractivity (Wildman–Crippen MR) is 102 cm³/mol. The Morgan fingerprint density at radius 1 is 0.640 bits per heavy atom. The molecule has 0 radical (unpaired) electrons. The molecule has 2 nitrogen and oxygen atoms in total. The number of ether oxygens (including phenoxy) is 1. The molecule has 0 atom stereocenters. The molecule has 0 saturated heterocycles. The van der Waals surface area contributed by atoms with Crippen LogP contribution in [-0.2, 0) is 6.61 Å². The van der Waals surface area contributed by atoms with Crippen molar-refractivity contribution in [1.29, 1.82) is 0 Å². The summed E-state index contributed by atoms with van der Waals surface area (Å²) in [6.07, 6.45) is 0. The Labute approximate surface area is 145 Å². The van der Waals surface area contributed by atoms with Crippen LogP contribution in [0.25, 0.3) is 32.7 Å². The number of hydrogen-bond donors (Lipinski definition) is 0. The fourth-order valence-electron chi connectivity index (χ4n) is 3.37. The van der Waals surface area contributed by atoms with Gasteiger partial charge in [-0.25, -0.2) is 0 Å². The van der Waals surface area contributed by atoms with Gasteiger partial charge in [0, 0.05) is 10.8 Å². The zero-order chi connectivity index (χ0) is 16.6. The fourth-order valence-corrected chi connectivity index (χ4v) is 3.37. The van der Waals surface area contributed by atoms with Gasteiger partial charge in [0.2, 0.25) is 0 Å². The van der Waals surface area contributed by atoms with Crippen molar-refractivity contribution < 1.29 is 9.15 Å². The van der Waals surface area contributed by atoms with Crippen molar-refractivity contribution in [2.24, 2.45) is 0 Å². The molecule has 0 aliphatic rings. The van der Waals surface area contributed by atoms with Crippen LogP contribution >= 0.6 is 0 Å². The summed E-state index contributed by atoms with van der Waals surface area (Å²) in [7, 11) is 0. The van der Waals surface area contributed by atoms with Crippen LogP contribution in [0.15, 0.2) is 89.3 Å². The summed E-state index contributed by atoms with van der Waals surface area (Å²) in [5.74, 6) is 0.854. The molecule has 0 aliphatic heterocycles. The molecular weight excluding hydrogens is 308 g/mol. The van der Waals surface area contributed by atoms with E-state index >= 15 is 0 Å². The zero-order valence-corrected chi connectivity index (χ0v) is 13.6. The van der Waals surface area contributed by atoms with Gasteiger partial charge >= 0.3 is 0 Å². The first-order valence-corrected chi connectivity index (χ1v) is 8.39. The smallest absolute Gasteiger partial charge is 0.135 e. The molecule has 0 saturated carbocycles. The van der Waals surface area contributed by atoms with E-state index in [0.717, 1.165) is 27.7 Å². The second-order valence-corrected chi connectivity index (χ2v) is 6.18. The second-order valence-electron chi connectivity index (χ2n) is 6.18. The molecule has 0 aliphatic carbocycles. The van der Waals surface area contributed by atoms with E-state index in [9.17, 15) is 0 Å². The number of fused-ring (bicyclic) bond motifs is 4. The van der Waals surface area contributed by atoms with Crippen molar-refractivity contribution in [3.05, 3.63) is 90.5 Å². The van der Waals surface area contributed by atoms with E-state index in [0.29, 0.717) is 6.61 Å². The summed E-state index contributed by atoms with van der Waals surface area (Å²) in [5.41, 5.74) is 2.98. The third-order valence-electron chi connectivity index (χ3n) is 4.62. The predicted octanol–water partition coefficient (Wildman–Crippen LogP) is 6.32. The molecule has 2 heteroatoms. The summed E-state index contributed by atoms with van der Waals surface area (Å²) in [5, 5.41) is 4.68. The third kappa shape index (κ3) is 2.43. The van der Waals surface area contributed by atoms with E-state index in [2.05, 4.69) is 54.6 Å². The lowest BCUT2D eigenvalue weighted by atomic mass is 10.1. The van der Waals surface area contributed by atoms with Crippen LogP contribution < -0.4 is 4.74 Å². The van der Waals surface area contributed by atoms with Gasteiger partial charge in [-0.2, -0.15) is 0 Å². The Bertz CT molecular complexity index is 1200. The lowest BCUT2D eigenvalue weighted by molar-refractivity contribution is 0.308. The number of hydrogen-bond acceptors (Lipinski definition) is 2. The summed E-state index contributed by atoms with van der Waals surface area (Å²) < 4.78 is 12.0. The second kappa shape index (κ2) is 5.67. The maximum atomic E-state index is 6.08. The molecule has 5 rings (SSSR count). The molecule has 0 spiro atoms. The van der Waals surface area contributed by atoms with Crippen LogP contribution in [0.2, 0.25) is 0 Å². The first-order chi connectivity index (χ1) is 12.4. The van der Waals surface area contributed by atoms with E-state index in [4.69, 9.17) is 9.15 Å². The van der Waals surface area contributed by atoms with Crippen molar-refractivity contribution >= 4 is 32.7 Å². The van der Waals surface area contributed by atoms with Crippen molar-refractivity contribution in [1.82, 2.24) is 0 Å². The Balaban J connectivity index is 1.50. The summed E-state index contributed by atoms with van der Waals surface area (Å²) in [6, 6.07) is 28.8. The van der Waals surface area contributed by atoms with Crippen molar-refractivity contribution in [2.75, 3.05) is 0 Å². The maximum Gasteiger partial charge on any atom is 0.135 e. The molecule has 4 aromatic carbocycles. The van der Waals surface area contributed by atoms with Gasteiger partial charge in [-0.15, -0.1) is 0 Å². The molecule has 1 aromatic heterocycles. The van der Waals surface area contributed by atoms with E-state index in [1.54, 1.807) is 0 Å². The first-order valence-electron chi connectivity index (χ1n) is 8.39. The Morgan fingerprint density at radius 3 is 2.36 bits per heavy atom. The van der Waals surface area contributed by atoms with Gasteiger partial charge in [-0.1, -0.05) is 60.7 Å². The highest BCUT2D eigenvalue weighted by molar-refractivity contribution is 6.05. The minimum Gasteiger partial charge on any atom is -0.489 e. The van der Waals surface area contributed by atoms with E-state index < -0.39 is 0 Å². The molecule has 0 unspecified atom stereocenters.